The number of para-hydroxylation sites is 1. The molecule has 1 aliphatic carbocycles. The number of amides is 1. The molecule has 0 aromatic heterocycles. The standard InChI is InChI=1S/C20H26N2O2/c1-14-8-7-13-20(3,4)17(14)12-11-15(2)21-22-19(24)16-9-5-6-10-18(16)23/h5-6,8-12,17,23H,7,13H2,1-4H3,(H,22,24)/b12-11+,21-15+/t17-/m0/s1. The van der Waals surface area contributed by atoms with Crippen LogP contribution >= 0.6 is 0 Å². The minimum atomic E-state index is -0.421. The van der Waals surface area contributed by atoms with Gasteiger partial charge in [0.1, 0.15) is 5.75 Å². The van der Waals surface area contributed by atoms with Gasteiger partial charge in [-0.15, -0.1) is 0 Å². The maximum Gasteiger partial charge on any atom is 0.275 e. The van der Waals surface area contributed by atoms with Gasteiger partial charge in [-0.2, -0.15) is 5.10 Å². The molecule has 0 saturated heterocycles. The summed E-state index contributed by atoms with van der Waals surface area (Å²) in [6.45, 7) is 8.58. The summed E-state index contributed by atoms with van der Waals surface area (Å²) < 4.78 is 0. The van der Waals surface area contributed by atoms with Crippen LogP contribution in [0.5, 0.6) is 5.75 Å². The maximum atomic E-state index is 12.0. The SMILES string of the molecule is CC1=CCCC(C)(C)[C@H]1/C=C/C(C)=N/NC(=O)c1ccccc1O. The van der Waals surface area contributed by atoms with E-state index in [-0.39, 0.29) is 16.7 Å². The van der Waals surface area contributed by atoms with Crippen molar-refractivity contribution in [1.29, 1.82) is 0 Å². The first-order valence-electron chi connectivity index (χ1n) is 8.29. The predicted octanol–water partition coefficient (Wildman–Crippen LogP) is 4.44. The van der Waals surface area contributed by atoms with Crippen molar-refractivity contribution in [1.82, 2.24) is 5.43 Å². The van der Waals surface area contributed by atoms with Crippen molar-refractivity contribution >= 4 is 11.6 Å². The minimum Gasteiger partial charge on any atom is -0.507 e. The van der Waals surface area contributed by atoms with E-state index in [9.17, 15) is 9.90 Å². The second-order valence-electron chi connectivity index (χ2n) is 7.02. The molecule has 1 aliphatic rings. The summed E-state index contributed by atoms with van der Waals surface area (Å²) >= 11 is 0. The third-order valence-electron chi connectivity index (χ3n) is 4.60. The molecule has 0 spiro atoms. The Labute approximate surface area is 144 Å². The summed E-state index contributed by atoms with van der Waals surface area (Å²) in [5.41, 5.74) is 5.02. The summed E-state index contributed by atoms with van der Waals surface area (Å²) in [6.07, 6.45) is 8.70. The molecular formula is C20H26N2O2. The van der Waals surface area contributed by atoms with E-state index in [1.807, 2.05) is 13.0 Å². The van der Waals surface area contributed by atoms with Gasteiger partial charge in [0.15, 0.2) is 0 Å². The average Bonchev–Trinajstić information content (AvgIpc) is 2.52. The number of nitrogens with one attached hydrogen (secondary N) is 1. The summed E-state index contributed by atoms with van der Waals surface area (Å²) in [6, 6.07) is 6.41. The van der Waals surface area contributed by atoms with Crippen molar-refractivity contribution in [2.75, 3.05) is 0 Å². The van der Waals surface area contributed by atoms with Crippen LogP contribution in [0.25, 0.3) is 0 Å². The number of benzene rings is 1. The van der Waals surface area contributed by atoms with Crippen LogP contribution in [0.15, 0.2) is 53.2 Å². The summed E-state index contributed by atoms with van der Waals surface area (Å²) in [7, 11) is 0. The number of nitrogens with zero attached hydrogens (tertiary/aromatic N) is 1. The van der Waals surface area contributed by atoms with E-state index in [2.05, 4.69) is 43.5 Å². The van der Waals surface area contributed by atoms with E-state index in [1.165, 1.54) is 18.1 Å². The molecule has 0 fully saturated rings. The van der Waals surface area contributed by atoms with E-state index in [0.29, 0.717) is 11.6 Å². The number of carbonyl (C=O) groups is 1. The first-order chi connectivity index (χ1) is 11.3. The monoisotopic (exact) mass is 326 g/mol. The Morgan fingerprint density at radius 1 is 1.38 bits per heavy atom. The molecule has 0 radical (unpaired) electrons. The van der Waals surface area contributed by atoms with Crippen LogP contribution in [-0.2, 0) is 0 Å². The molecule has 0 heterocycles. The van der Waals surface area contributed by atoms with Crippen LogP contribution in [0.4, 0.5) is 0 Å². The Morgan fingerprint density at radius 2 is 2.08 bits per heavy atom. The van der Waals surface area contributed by atoms with Crippen molar-refractivity contribution in [3.8, 4) is 5.75 Å². The fraction of sp³-hybridized carbons (Fsp3) is 0.400. The van der Waals surface area contributed by atoms with Crippen LogP contribution < -0.4 is 5.43 Å². The van der Waals surface area contributed by atoms with Gasteiger partial charge in [0.2, 0.25) is 0 Å². The Balaban J connectivity index is 2.04. The molecular weight excluding hydrogens is 300 g/mol. The molecule has 4 nitrogen and oxygen atoms in total. The van der Waals surface area contributed by atoms with Gasteiger partial charge in [-0.25, -0.2) is 5.43 Å². The van der Waals surface area contributed by atoms with Gasteiger partial charge in [0.05, 0.1) is 11.3 Å². The first-order valence-corrected chi connectivity index (χ1v) is 8.29. The van der Waals surface area contributed by atoms with Crippen molar-refractivity contribution < 1.29 is 9.90 Å². The highest BCUT2D eigenvalue weighted by molar-refractivity contribution is 5.99. The maximum absolute atomic E-state index is 12.0. The lowest BCUT2D eigenvalue weighted by Gasteiger charge is -2.36. The van der Waals surface area contributed by atoms with Crippen LogP contribution in [0.3, 0.4) is 0 Å². The molecule has 0 aliphatic heterocycles. The average molecular weight is 326 g/mol. The van der Waals surface area contributed by atoms with Crippen molar-refractivity contribution in [3.63, 3.8) is 0 Å². The van der Waals surface area contributed by atoms with Crippen molar-refractivity contribution in [3.05, 3.63) is 53.6 Å². The number of phenolic OH excluding ortho intramolecular Hbond substituents is 1. The smallest absolute Gasteiger partial charge is 0.275 e. The number of hydrogen-bond acceptors (Lipinski definition) is 3. The normalized spacial score (nSPS) is 20.8. The van der Waals surface area contributed by atoms with Crippen LogP contribution in [0.2, 0.25) is 0 Å². The number of hydrazone groups is 1. The van der Waals surface area contributed by atoms with E-state index in [4.69, 9.17) is 0 Å². The quantitative estimate of drug-likeness (QED) is 0.488. The van der Waals surface area contributed by atoms with Gasteiger partial charge in [-0.3, -0.25) is 4.79 Å². The predicted molar refractivity (Wildman–Crippen MR) is 98.1 cm³/mol. The molecule has 2 rings (SSSR count). The third-order valence-corrected chi connectivity index (χ3v) is 4.60. The minimum absolute atomic E-state index is 0.0527. The van der Waals surface area contributed by atoms with E-state index >= 15 is 0 Å². The van der Waals surface area contributed by atoms with Gasteiger partial charge in [0.25, 0.3) is 5.91 Å². The Bertz CT molecular complexity index is 699. The second kappa shape index (κ2) is 7.47. The van der Waals surface area contributed by atoms with Crippen molar-refractivity contribution in [2.24, 2.45) is 16.4 Å². The van der Waals surface area contributed by atoms with Crippen molar-refractivity contribution in [2.45, 2.75) is 40.5 Å². The van der Waals surface area contributed by atoms with E-state index in [1.54, 1.807) is 18.2 Å². The number of carbonyl (C=O) groups excluding carboxylic acids is 1. The molecule has 24 heavy (non-hydrogen) atoms. The highest BCUT2D eigenvalue weighted by Crippen LogP contribution is 2.41. The lowest BCUT2D eigenvalue weighted by Crippen LogP contribution is -2.26. The van der Waals surface area contributed by atoms with E-state index in [0.717, 1.165) is 6.42 Å². The molecule has 0 bridgehead atoms. The molecule has 1 aromatic rings. The molecule has 4 heteroatoms. The molecule has 128 valence electrons. The van der Waals surface area contributed by atoms with Crippen LogP contribution in [0, 0.1) is 11.3 Å². The summed E-state index contributed by atoms with van der Waals surface area (Å²) in [4.78, 5) is 12.0. The van der Waals surface area contributed by atoms with E-state index < -0.39 is 5.91 Å². The molecule has 1 aromatic carbocycles. The number of hydrogen-bond donors (Lipinski definition) is 2. The third kappa shape index (κ3) is 4.34. The second-order valence-corrected chi connectivity index (χ2v) is 7.02. The molecule has 0 unspecified atom stereocenters. The van der Waals surface area contributed by atoms with Gasteiger partial charge in [0, 0.05) is 5.92 Å². The number of allylic oxidation sites excluding steroid dienone is 4. The lowest BCUT2D eigenvalue weighted by atomic mass is 9.68. The summed E-state index contributed by atoms with van der Waals surface area (Å²) in [5.74, 6) is -0.0942. The Kier molecular flexibility index (Phi) is 5.60. The summed E-state index contributed by atoms with van der Waals surface area (Å²) in [5, 5.41) is 13.8. The zero-order valence-corrected chi connectivity index (χ0v) is 14.8. The van der Waals surface area contributed by atoms with Gasteiger partial charge in [-0.1, -0.05) is 43.7 Å². The first kappa shape index (κ1) is 18.0. The fourth-order valence-electron chi connectivity index (χ4n) is 3.12. The largest absolute Gasteiger partial charge is 0.507 e. The number of rotatable bonds is 4. The molecule has 2 N–H and O–H groups in total. The topological polar surface area (TPSA) is 61.7 Å². The van der Waals surface area contributed by atoms with Gasteiger partial charge >= 0.3 is 0 Å². The molecule has 0 saturated carbocycles. The van der Waals surface area contributed by atoms with Gasteiger partial charge in [-0.05, 0) is 50.3 Å². The Morgan fingerprint density at radius 3 is 2.75 bits per heavy atom. The fourth-order valence-corrected chi connectivity index (χ4v) is 3.12. The van der Waals surface area contributed by atoms with Crippen LogP contribution in [-0.4, -0.2) is 16.7 Å². The molecule has 1 amide bonds. The highest BCUT2D eigenvalue weighted by atomic mass is 16.3. The highest BCUT2D eigenvalue weighted by Gasteiger charge is 2.30. The zero-order valence-electron chi connectivity index (χ0n) is 14.8. The number of phenols is 1. The zero-order chi connectivity index (χ0) is 17.7. The van der Waals surface area contributed by atoms with Gasteiger partial charge < -0.3 is 5.11 Å². The Hall–Kier alpha value is -2.36. The van der Waals surface area contributed by atoms with Crippen LogP contribution in [0.1, 0.15) is 50.9 Å². The number of aromatic hydroxyl groups is 1. The molecule has 1 atom stereocenters. The lowest BCUT2D eigenvalue weighted by molar-refractivity contribution is 0.0952.